The molecule has 2 aromatic carbocycles. The van der Waals surface area contributed by atoms with E-state index in [2.05, 4.69) is 0 Å². The van der Waals surface area contributed by atoms with E-state index in [1.54, 1.807) is 30.5 Å². The lowest BCUT2D eigenvalue weighted by atomic mass is 10.2. The number of hydrogen-bond donors (Lipinski definition) is 0. The molecular weight excluding hydrogens is 358 g/mol. The van der Waals surface area contributed by atoms with Crippen LogP contribution in [0.2, 0.25) is 0 Å². The van der Waals surface area contributed by atoms with E-state index in [9.17, 15) is 14.9 Å². The van der Waals surface area contributed by atoms with Crippen molar-refractivity contribution in [2.45, 2.75) is 11.8 Å². The van der Waals surface area contributed by atoms with Crippen molar-refractivity contribution in [3.63, 3.8) is 0 Å². The van der Waals surface area contributed by atoms with Gasteiger partial charge in [0.05, 0.1) is 22.0 Å². The largest absolute Gasteiger partial charge is 0.494 e. The van der Waals surface area contributed by atoms with Crippen LogP contribution in [-0.4, -0.2) is 37.0 Å². The molecule has 26 heavy (non-hydrogen) atoms. The first-order valence-corrected chi connectivity index (χ1v) is 9.12. The molecule has 0 atom stereocenters. The van der Waals surface area contributed by atoms with Gasteiger partial charge in [0.25, 0.3) is 5.69 Å². The van der Waals surface area contributed by atoms with Gasteiger partial charge in [-0.05, 0) is 49.6 Å². The van der Waals surface area contributed by atoms with E-state index < -0.39 is 10.9 Å². The molecular formula is C18H19NO6S. The van der Waals surface area contributed by atoms with Gasteiger partial charge in [-0.15, -0.1) is 11.8 Å². The van der Waals surface area contributed by atoms with Crippen LogP contribution in [0.3, 0.4) is 0 Å². The molecule has 0 radical (unpaired) electrons. The molecule has 138 valence electrons. The van der Waals surface area contributed by atoms with Crippen molar-refractivity contribution in [1.29, 1.82) is 0 Å². The van der Waals surface area contributed by atoms with Crippen LogP contribution in [-0.2, 0) is 4.74 Å². The predicted octanol–water partition coefficient (Wildman–Crippen LogP) is 3.95. The van der Waals surface area contributed by atoms with Crippen LogP contribution in [0.1, 0.15) is 17.3 Å². The molecule has 8 heteroatoms. The highest BCUT2D eigenvalue weighted by Crippen LogP contribution is 2.28. The second-order valence-corrected chi connectivity index (χ2v) is 5.88. The summed E-state index contributed by atoms with van der Waals surface area (Å²) in [4.78, 5) is 23.0. The monoisotopic (exact) mass is 377 g/mol. The minimum atomic E-state index is -0.629. The van der Waals surface area contributed by atoms with Gasteiger partial charge in [0.1, 0.15) is 24.7 Å². The third kappa shape index (κ3) is 5.38. The SMILES string of the molecule is CCOc1ccc(OCCOC(=O)c2ccc(SC)c([N+](=O)[O-])c2)cc1. The first kappa shape index (κ1) is 19.6. The zero-order chi connectivity index (χ0) is 18.9. The third-order valence-electron chi connectivity index (χ3n) is 3.33. The van der Waals surface area contributed by atoms with Crippen LogP contribution < -0.4 is 9.47 Å². The number of hydrogen-bond acceptors (Lipinski definition) is 7. The maximum Gasteiger partial charge on any atom is 0.338 e. The molecule has 0 bridgehead atoms. The maximum absolute atomic E-state index is 12.0. The number of rotatable bonds is 9. The number of esters is 1. The Morgan fingerprint density at radius 2 is 1.73 bits per heavy atom. The van der Waals surface area contributed by atoms with Crippen LogP contribution in [0.15, 0.2) is 47.4 Å². The number of carbonyl (C=O) groups is 1. The molecule has 0 fully saturated rings. The second-order valence-electron chi connectivity index (χ2n) is 5.03. The van der Waals surface area contributed by atoms with Crippen molar-refractivity contribution in [3.05, 3.63) is 58.1 Å². The first-order valence-electron chi connectivity index (χ1n) is 7.90. The summed E-state index contributed by atoms with van der Waals surface area (Å²) in [6.07, 6.45) is 1.73. The van der Waals surface area contributed by atoms with Gasteiger partial charge in [-0.2, -0.15) is 0 Å². The number of ether oxygens (including phenoxy) is 3. The van der Waals surface area contributed by atoms with E-state index in [0.29, 0.717) is 17.3 Å². The summed E-state index contributed by atoms with van der Waals surface area (Å²) in [5.74, 6) is 0.752. The normalized spacial score (nSPS) is 10.2. The van der Waals surface area contributed by atoms with Gasteiger partial charge in [0, 0.05) is 6.07 Å². The topological polar surface area (TPSA) is 87.9 Å². The Morgan fingerprint density at radius 1 is 1.08 bits per heavy atom. The van der Waals surface area contributed by atoms with Crippen LogP contribution in [0.4, 0.5) is 5.69 Å². The van der Waals surface area contributed by atoms with Crippen molar-refractivity contribution >= 4 is 23.4 Å². The van der Waals surface area contributed by atoms with E-state index in [0.717, 1.165) is 5.75 Å². The van der Waals surface area contributed by atoms with Gasteiger partial charge in [0.2, 0.25) is 0 Å². The smallest absolute Gasteiger partial charge is 0.338 e. The molecule has 2 rings (SSSR count). The average Bonchev–Trinajstić information content (AvgIpc) is 2.66. The molecule has 7 nitrogen and oxygen atoms in total. The molecule has 0 N–H and O–H groups in total. The fourth-order valence-electron chi connectivity index (χ4n) is 2.14. The number of nitro benzene ring substituents is 1. The third-order valence-corrected chi connectivity index (χ3v) is 4.12. The standard InChI is InChI=1S/C18H19NO6S/c1-3-23-14-5-7-15(8-6-14)24-10-11-25-18(20)13-4-9-17(26-2)16(12-13)19(21)22/h4-9,12H,3,10-11H2,1-2H3. The van der Waals surface area contributed by atoms with Crippen molar-refractivity contribution in [1.82, 2.24) is 0 Å². The predicted molar refractivity (Wildman–Crippen MR) is 98.3 cm³/mol. The van der Waals surface area contributed by atoms with Crippen LogP contribution in [0, 0.1) is 10.1 Å². The molecule has 0 aliphatic rings. The van der Waals surface area contributed by atoms with Crippen molar-refractivity contribution in [3.8, 4) is 11.5 Å². The fourth-order valence-corrected chi connectivity index (χ4v) is 2.68. The average molecular weight is 377 g/mol. The van der Waals surface area contributed by atoms with E-state index in [1.165, 1.54) is 30.0 Å². The van der Waals surface area contributed by atoms with Gasteiger partial charge >= 0.3 is 5.97 Å². The van der Waals surface area contributed by atoms with Crippen LogP contribution >= 0.6 is 11.8 Å². The van der Waals surface area contributed by atoms with Crippen molar-refractivity contribution in [2.24, 2.45) is 0 Å². The summed E-state index contributed by atoms with van der Waals surface area (Å²) < 4.78 is 15.9. The van der Waals surface area contributed by atoms with Gasteiger partial charge in [-0.25, -0.2) is 4.79 Å². The lowest BCUT2D eigenvalue weighted by Gasteiger charge is -2.09. The van der Waals surface area contributed by atoms with E-state index in [1.807, 2.05) is 6.92 Å². The van der Waals surface area contributed by atoms with Crippen LogP contribution in [0.5, 0.6) is 11.5 Å². The minimum absolute atomic E-state index is 0.0319. The van der Waals surface area contributed by atoms with Crippen molar-refractivity contribution < 1.29 is 23.9 Å². The van der Waals surface area contributed by atoms with E-state index >= 15 is 0 Å². The number of thioether (sulfide) groups is 1. The Morgan fingerprint density at radius 3 is 2.31 bits per heavy atom. The Labute approximate surface area is 155 Å². The highest BCUT2D eigenvalue weighted by molar-refractivity contribution is 7.98. The lowest BCUT2D eigenvalue weighted by Crippen LogP contribution is -2.12. The molecule has 0 aliphatic heterocycles. The number of benzene rings is 2. The van der Waals surface area contributed by atoms with Gasteiger partial charge in [0.15, 0.2) is 0 Å². The highest BCUT2D eigenvalue weighted by Gasteiger charge is 2.17. The zero-order valence-electron chi connectivity index (χ0n) is 14.5. The number of nitro groups is 1. The molecule has 2 aromatic rings. The quantitative estimate of drug-likeness (QED) is 0.215. The van der Waals surface area contributed by atoms with Gasteiger partial charge < -0.3 is 14.2 Å². The Hall–Kier alpha value is -2.74. The molecule has 0 aromatic heterocycles. The molecule has 0 unspecified atom stereocenters. The van der Waals surface area contributed by atoms with E-state index in [-0.39, 0.29) is 24.5 Å². The molecule has 0 spiro atoms. The summed E-state index contributed by atoms with van der Waals surface area (Å²) in [5, 5.41) is 11.0. The summed E-state index contributed by atoms with van der Waals surface area (Å²) in [6, 6.07) is 11.4. The number of carbonyl (C=O) groups excluding carboxylic acids is 1. The van der Waals surface area contributed by atoms with E-state index in [4.69, 9.17) is 14.2 Å². The highest BCUT2D eigenvalue weighted by atomic mass is 32.2. The summed E-state index contributed by atoms with van der Waals surface area (Å²) in [7, 11) is 0. The van der Waals surface area contributed by atoms with Gasteiger partial charge in [-0.3, -0.25) is 10.1 Å². The Balaban J connectivity index is 1.85. The molecule has 0 aliphatic carbocycles. The summed E-state index contributed by atoms with van der Waals surface area (Å²) in [6.45, 7) is 2.70. The second kappa shape index (κ2) is 9.67. The molecule has 0 saturated heterocycles. The first-order chi connectivity index (χ1) is 12.5. The molecule has 0 heterocycles. The maximum atomic E-state index is 12.0. The lowest BCUT2D eigenvalue weighted by molar-refractivity contribution is -0.387. The van der Waals surface area contributed by atoms with Gasteiger partial charge in [-0.1, -0.05) is 0 Å². The minimum Gasteiger partial charge on any atom is -0.494 e. The summed E-state index contributed by atoms with van der Waals surface area (Å²) >= 11 is 1.24. The molecule has 0 saturated carbocycles. The Kier molecular flexibility index (Phi) is 7.28. The molecule has 0 amide bonds. The fraction of sp³-hybridized carbons (Fsp3) is 0.278. The van der Waals surface area contributed by atoms with Crippen LogP contribution in [0.25, 0.3) is 0 Å². The summed E-state index contributed by atoms with van der Waals surface area (Å²) in [5.41, 5.74) is 0.0214. The number of nitrogens with zero attached hydrogens (tertiary/aromatic N) is 1. The van der Waals surface area contributed by atoms with Crippen molar-refractivity contribution in [2.75, 3.05) is 26.1 Å². The zero-order valence-corrected chi connectivity index (χ0v) is 15.3. The Bertz CT molecular complexity index is 763.